The van der Waals surface area contributed by atoms with Crippen molar-refractivity contribution in [3.8, 4) is 0 Å². The maximum atomic E-state index is 11.4. The van der Waals surface area contributed by atoms with Crippen LogP contribution in [0.25, 0.3) is 0 Å². The van der Waals surface area contributed by atoms with E-state index in [0.29, 0.717) is 12.5 Å². The first-order valence-corrected chi connectivity index (χ1v) is 6.34. The molecule has 0 radical (unpaired) electrons. The molecule has 1 aliphatic carbocycles. The summed E-state index contributed by atoms with van der Waals surface area (Å²) in [6.07, 6.45) is 3.60. The Morgan fingerprint density at radius 3 is 2.65 bits per heavy atom. The average Bonchev–Trinajstić information content (AvgIpc) is 2.14. The summed E-state index contributed by atoms with van der Waals surface area (Å²) in [6, 6.07) is 0. The molecule has 1 N–H and O–H groups in total. The smallest absolute Gasteiger partial charge is 0.332 e. The number of aliphatic hydroxyl groups excluding tert-OH is 1. The highest BCUT2D eigenvalue weighted by Gasteiger charge is 2.21. The van der Waals surface area contributed by atoms with Crippen LogP contribution in [-0.2, 0) is 14.3 Å². The molecule has 1 fully saturated rings. The lowest BCUT2D eigenvalue weighted by atomic mass is 9.88. The minimum Gasteiger partial charge on any atom is -0.458 e. The zero-order chi connectivity index (χ0) is 12.9. The molecule has 1 rings (SSSR count). The summed E-state index contributed by atoms with van der Waals surface area (Å²) in [5.41, 5.74) is -0.457. The summed E-state index contributed by atoms with van der Waals surface area (Å²) in [6.45, 7) is 6.05. The molecule has 0 bridgehead atoms. The van der Waals surface area contributed by atoms with Gasteiger partial charge in [0.25, 0.3) is 0 Å². The fourth-order valence-corrected chi connectivity index (χ4v) is 2.09. The Morgan fingerprint density at radius 2 is 2.06 bits per heavy atom. The van der Waals surface area contributed by atoms with Crippen molar-refractivity contribution in [2.24, 2.45) is 5.92 Å². The lowest BCUT2D eigenvalue weighted by Crippen LogP contribution is -2.28. The van der Waals surface area contributed by atoms with Crippen LogP contribution in [0.5, 0.6) is 0 Å². The summed E-state index contributed by atoms with van der Waals surface area (Å²) in [5.74, 6) is 0.0510. The van der Waals surface area contributed by atoms with Gasteiger partial charge >= 0.3 is 5.97 Å². The second-order valence-electron chi connectivity index (χ2n) is 5.79. The lowest BCUT2D eigenvalue weighted by Gasteiger charge is -2.25. The van der Waals surface area contributed by atoms with Crippen molar-refractivity contribution in [3.05, 3.63) is 0 Å². The monoisotopic (exact) mass is 244 g/mol. The SMILES string of the molecule is CC(C)(C)OC(=O)COCC1CCCC(O)C1. The Balaban J connectivity index is 2.13. The molecular weight excluding hydrogens is 220 g/mol. The van der Waals surface area contributed by atoms with Crippen molar-refractivity contribution in [2.45, 2.75) is 58.2 Å². The van der Waals surface area contributed by atoms with Gasteiger partial charge in [0.2, 0.25) is 0 Å². The van der Waals surface area contributed by atoms with E-state index in [1.807, 2.05) is 20.8 Å². The first-order chi connectivity index (χ1) is 7.87. The van der Waals surface area contributed by atoms with E-state index >= 15 is 0 Å². The Morgan fingerprint density at radius 1 is 1.35 bits per heavy atom. The zero-order valence-corrected chi connectivity index (χ0v) is 11.1. The van der Waals surface area contributed by atoms with E-state index in [0.717, 1.165) is 25.7 Å². The standard InChI is InChI=1S/C13H24O4/c1-13(2,3)17-12(15)9-16-8-10-5-4-6-11(14)7-10/h10-11,14H,4-9H2,1-3H3. The van der Waals surface area contributed by atoms with Crippen molar-refractivity contribution in [3.63, 3.8) is 0 Å². The predicted octanol–water partition coefficient (Wildman–Crippen LogP) is 1.90. The van der Waals surface area contributed by atoms with Gasteiger partial charge in [-0.05, 0) is 46.0 Å². The third kappa shape index (κ3) is 6.64. The van der Waals surface area contributed by atoms with Gasteiger partial charge in [-0.1, -0.05) is 6.42 Å². The van der Waals surface area contributed by atoms with Crippen LogP contribution in [0.15, 0.2) is 0 Å². The summed E-state index contributed by atoms with van der Waals surface area (Å²) in [4.78, 5) is 11.4. The summed E-state index contributed by atoms with van der Waals surface area (Å²) >= 11 is 0. The molecule has 0 aromatic rings. The number of carbonyl (C=O) groups is 1. The van der Waals surface area contributed by atoms with E-state index in [-0.39, 0.29) is 18.7 Å². The van der Waals surface area contributed by atoms with Gasteiger partial charge in [0.15, 0.2) is 0 Å². The van der Waals surface area contributed by atoms with Gasteiger partial charge in [0.05, 0.1) is 12.7 Å². The van der Waals surface area contributed by atoms with Crippen molar-refractivity contribution >= 4 is 5.97 Å². The molecule has 2 atom stereocenters. The fraction of sp³-hybridized carbons (Fsp3) is 0.923. The van der Waals surface area contributed by atoms with E-state index < -0.39 is 5.60 Å². The molecule has 0 spiro atoms. The first kappa shape index (κ1) is 14.5. The number of rotatable bonds is 4. The van der Waals surface area contributed by atoms with Crippen molar-refractivity contribution < 1.29 is 19.4 Å². The maximum absolute atomic E-state index is 11.4. The Hall–Kier alpha value is -0.610. The van der Waals surface area contributed by atoms with Gasteiger partial charge in [0, 0.05) is 0 Å². The van der Waals surface area contributed by atoms with E-state index in [1.165, 1.54) is 0 Å². The van der Waals surface area contributed by atoms with Gasteiger partial charge in [-0.25, -0.2) is 4.79 Å². The Bertz CT molecular complexity index is 244. The number of carbonyl (C=O) groups excluding carboxylic acids is 1. The minimum absolute atomic E-state index is 0.00383. The van der Waals surface area contributed by atoms with Crippen LogP contribution in [0, 0.1) is 5.92 Å². The van der Waals surface area contributed by atoms with Gasteiger partial charge in [-0.15, -0.1) is 0 Å². The second kappa shape index (κ2) is 6.36. The summed E-state index contributed by atoms with van der Waals surface area (Å²) in [5, 5.41) is 9.49. The first-order valence-electron chi connectivity index (χ1n) is 6.34. The lowest BCUT2D eigenvalue weighted by molar-refractivity contribution is -0.160. The molecule has 4 nitrogen and oxygen atoms in total. The molecule has 0 aromatic heterocycles. The number of hydrogen-bond acceptors (Lipinski definition) is 4. The number of ether oxygens (including phenoxy) is 2. The zero-order valence-electron chi connectivity index (χ0n) is 11.1. The van der Waals surface area contributed by atoms with E-state index in [4.69, 9.17) is 9.47 Å². The predicted molar refractivity (Wildman–Crippen MR) is 64.6 cm³/mol. The molecule has 0 heterocycles. The maximum Gasteiger partial charge on any atom is 0.332 e. The second-order valence-corrected chi connectivity index (χ2v) is 5.79. The number of aliphatic hydroxyl groups is 1. The fourth-order valence-electron chi connectivity index (χ4n) is 2.09. The van der Waals surface area contributed by atoms with Crippen molar-refractivity contribution in [1.82, 2.24) is 0 Å². The Labute approximate surface area is 103 Å². The van der Waals surface area contributed by atoms with Crippen LogP contribution < -0.4 is 0 Å². The molecule has 17 heavy (non-hydrogen) atoms. The van der Waals surface area contributed by atoms with E-state index in [1.54, 1.807) is 0 Å². The van der Waals surface area contributed by atoms with Crippen LogP contribution in [0.4, 0.5) is 0 Å². The highest BCUT2D eigenvalue weighted by Crippen LogP contribution is 2.24. The number of hydrogen-bond donors (Lipinski definition) is 1. The molecular formula is C13H24O4. The van der Waals surface area contributed by atoms with Crippen molar-refractivity contribution in [1.29, 1.82) is 0 Å². The summed E-state index contributed by atoms with van der Waals surface area (Å²) in [7, 11) is 0. The molecule has 2 unspecified atom stereocenters. The minimum atomic E-state index is -0.457. The largest absolute Gasteiger partial charge is 0.458 e. The van der Waals surface area contributed by atoms with Crippen LogP contribution in [-0.4, -0.2) is 36.0 Å². The van der Waals surface area contributed by atoms with Crippen LogP contribution in [0.1, 0.15) is 46.5 Å². The highest BCUT2D eigenvalue weighted by atomic mass is 16.6. The third-order valence-electron chi connectivity index (χ3n) is 2.75. The molecule has 0 amide bonds. The molecule has 100 valence electrons. The topological polar surface area (TPSA) is 55.8 Å². The molecule has 4 heteroatoms. The Kier molecular flexibility index (Phi) is 5.40. The van der Waals surface area contributed by atoms with Gasteiger partial charge in [-0.2, -0.15) is 0 Å². The number of esters is 1. The van der Waals surface area contributed by atoms with Gasteiger partial charge in [0.1, 0.15) is 12.2 Å². The highest BCUT2D eigenvalue weighted by molar-refractivity contribution is 5.71. The average molecular weight is 244 g/mol. The van der Waals surface area contributed by atoms with Gasteiger partial charge < -0.3 is 14.6 Å². The molecule has 0 aliphatic heterocycles. The molecule has 0 aromatic carbocycles. The van der Waals surface area contributed by atoms with Crippen molar-refractivity contribution in [2.75, 3.05) is 13.2 Å². The summed E-state index contributed by atoms with van der Waals surface area (Å²) < 4.78 is 10.5. The van der Waals surface area contributed by atoms with E-state index in [2.05, 4.69) is 0 Å². The molecule has 0 saturated heterocycles. The van der Waals surface area contributed by atoms with Crippen LogP contribution in [0.2, 0.25) is 0 Å². The molecule has 1 aliphatic rings. The van der Waals surface area contributed by atoms with Gasteiger partial charge in [-0.3, -0.25) is 0 Å². The normalized spacial score (nSPS) is 25.6. The third-order valence-corrected chi connectivity index (χ3v) is 2.75. The van der Waals surface area contributed by atoms with Crippen LogP contribution in [0.3, 0.4) is 0 Å². The molecule has 1 saturated carbocycles. The quantitative estimate of drug-likeness (QED) is 0.767. The van der Waals surface area contributed by atoms with E-state index in [9.17, 15) is 9.90 Å². The van der Waals surface area contributed by atoms with Crippen LogP contribution >= 0.6 is 0 Å².